The van der Waals surface area contributed by atoms with Gasteiger partial charge in [0.15, 0.2) is 0 Å². The van der Waals surface area contributed by atoms with Crippen LogP contribution in [-0.2, 0) is 6.54 Å². The predicted octanol–water partition coefficient (Wildman–Crippen LogP) is 4.10. The van der Waals surface area contributed by atoms with Gasteiger partial charge in [-0.25, -0.2) is 4.39 Å². The van der Waals surface area contributed by atoms with Crippen molar-refractivity contribution in [3.63, 3.8) is 0 Å². The number of rotatable bonds is 4. The lowest BCUT2D eigenvalue weighted by molar-refractivity contribution is 0.0748. The van der Waals surface area contributed by atoms with Crippen molar-refractivity contribution in [2.24, 2.45) is 0 Å². The zero-order chi connectivity index (χ0) is 15.4. The molecule has 2 aromatic carbocycles. The number of hydrogen-bond donors (Lipinski definition) is 0. The number of amides is 1. The highest BCUT2D eigenvalue weighted by Gasteiger charge is 2.18. The van der Waals surface area contributed by atoms with Crippen LogP contribution in [0.3, 0.4) is 0 Å². The molecule has 2 rings (SSSR count). The van der Waals surface area contributed by atoms with Gasteiger partial charge in [0.1, 0.15) is 5.82 Å². The zero-order valence-corrected chi connectivity index (χ0v) is 12.7. The molecule has 2 nitrogen and oxygen atoms in total. The highest BCUT2D eigenvalue weighted by molar-refractivity contribution is 5.94. The number of nitrogens with zero attached hydrogens (tertiary/aromatic N) is 1. The number of hydrogen-bond acceptors (Lipinski definition) is 1. The average molecular weight is 285 g/mol. The van der Waals surface area contributed by atoms with Gasteiger partial charge in [-0.3, -0.25) is 4.79 Å². The molecule has 0 bridgehead atoms. The van der Waals surface area contributed by atoms with Gasteiger partial charge in [-0.05, 0) is 44.0 Å². The number of carbonyl (C=O) groups is 1. The second-order valence-corrected chi connectivity index (χ2v) is 5.29. The van der Waals surface area contributed by atoms with Crippen LogP contribution in [0.25, 0.3) is 0 Å². The van der Waals surface area contributed by atoms with Crippen molar-refractivity contribution in [3.8, 4) is 0 Å². The molecule has 2 aromatic rings. The van der Waals surface area contributed by atoms with E-state index in [2.05, 4.69) is 0 Å². The van der Waals surface area contributed by atoms with Crippen LogP contribution in [0.5, 0.6) is 0 Å². The fraction of sp³-hybridized carbons (Fsp3) is 0.278. The Morgan fingerprint density at radius 2 is 1.81 bits per heavy atom. The Balaban J connectivity index is 2.22. The first kappa shape index (κ1) is 15.2. The second-order valence-electron chi connectivity index (χ2n) is 5.29. The first-order chi connectivity index (χ1) is 10.0. The topological polar surface area (TPSA) is 20.3 Å². The maximum Gasteiger partial charge on any atom is 0.257 e. The standard InChI is InChI=1S/C18H20FNO/c1-4-20(12-15-7-5-6-13(2)10-15)18(21)16-9-8-14(3)11-17(16)19/h5-11H,4,12H2,1-3H3. The molecular formula is C18H20FNO. The Morgan fingerprint density at radius 3 is 2.43 bits per heavy atom. The summed E-state index contributed by atoms with van der Waals surface area (Å²) in [7, 11) is 0. The van der Waals surface area contributed by atoms with Crippen molar-refractivity contribution in [2.75, 3.05) is 6.54 Å². The highest BCUT2D eigenvalue weighted by Crippen LogP contribution is 2.15. The van der Waals surface area contributed by atoms with Crippen molar-refractivity contribution in [3.05, 3.63) is 70.5 Å². The van der Waals surface area contributed by atoms with Gasteiger partial charge in [-0.2, -0.15) is 0 Å². The van der Waals surface area contributed by atoms with Gasteiger partial charge in [0.2, 0.25) is 0 Å². The third-order valence-electron chi connectivity index (χ3n) is 3.48. The summed E-state index contributed by atoms with van der Waals surface area (Å²) < 4.78 is 14.0. The fourth-order valence-corrected chi connectivity index (χ4v) is 2.32. The summed E-state index contributed by atoms with van der Waals surface area (Å²) >= 11 is 0. The van der Waals surface area contributed by atoms with E-state index < -0.39 is 5.82 Å². The molecule has 0 N–H and O–H groups in total. The van der Waals surface area contributed by atoms with E-state index in [0.29, 0.717) is 13.1 Å². The molecule has 0 spiro atoms. The van der Waals surface area contributed by atoms with Gasteiger partial charge in [0, 0.05) is 13.1 Å². The molecule has 0 fully saturated rings. The molecule has 3 heteroatoms. The molecule has 0 radical (unpaired) electrons. The molecule has 0 heterocycles. The molecule has 0 unspecified atom stereocenters. The van der Waals surface area contributed by atoms with E-state index in [1.165, 1.54) is 6.07 Å². The Kier molecular flexibility index (Phi) is 4.73. The maximum absolute atomic E-state index is 14.0. The fourth-order valence-electron chi connectivity index (χ4n) is 2.32. The molecule has 21 heavy (non-hydrogen) atoms. The van der Waals surface area contributed by atoms with Crippen molar-refractivity contribution in [2.45, 2.75) is 27.3 Å². The Morgan fingerprint density at radius 1 is 1.10 bits per heavy atom. The minimum Gasteiger partial charge on any atom is -0.335 e. The summed E-state index contributed by atoms with van der Waals surface area (Å²) in [5.41, 5.74) is 3.15. The average Bonchev–Trinajstić information content (AvgIpc) is 2.44. The van der Waals surface area contributed by atoms with Crippen molar-refractivity contribution >= 4 is 5.91 Å². The van der Waals surface area contributed by atoms with E-state index >= 15 is 0 Å². The van der Waals surface area contributed by atoms with Crippen LogP contribution in [-0.4, -0.2) is 17.4 Å². The predicted molar refractivity (Wildman–Crippen MR) is 82.7 cm³/mol. The van der Waals surface area contributed by atoms with Crippen molar-refractivity contribution < 1.29 is 9.18 Å². The van der Waals surface area contributed by atoms with Gasteiger partial charge < -0.3 is 4.90 Å². The number of aryl methyl sites for hydroxylation is 2. The molecule has 110 valence electrons. The minimum atomic E-state index is -0.456. The molecule has 0 aliphatic heterocycles. The smallest absolute Gasteiger partial charge is 0.257 e. The van der Waals surface area contributed by atoms with Gasteiger partial charge >= 0.3 is 0 Å². The van der Waals surface area contributed by atoms with E-state index in [1.807, 2.05) is 45.0 Å². The molecular weight excluding hydrogens is 265 g/mol. The molecule has 0 aliphatic carbocycles. The molecule has 0 atom stereocenters. The van der Waals surface area contributed by atoms with E-state index in [0.717, 1.165) is 16.7 Å². The van der Waals surface area contributed by atoms with E-state index in [9.17, 15) is 9.18 Å². The summed E-state index contributed by atoms with van der Waals surface area (Å²) in [5, 5.41) is 0. The first-order valence-corrected chi connectivity index (χ1v) is 7.12. The molecule has 0 aliphatic rings. The molecule has 0 saturated carbocycles. The first-order valence-electron chi connectivity index (χ1n) is 7.12. The summed E-state index contributed by atoms with van der Waals surface area (Å²) in [6.07, 6.45) is 0. The van der Waals surface area contributed by atoms with E-state index in [4.69, 9.17) is 0 Å². The summed E-state index contributed by atoms with van der Waals surface area (Å²) in [6, 6.07) is 12.7. The third-order valence-corrected chi connectivity index (χ3v) is 3.48. The van der Waals surface area contributed by atoms with Crippen LogP contribution in [0.15, 0.2) is 42.5 Å². The Labute approximate surface area is 125 Å². The number of halogens is 1. The van der Waals surface area contributed by atoms with Crippen LogP contribution in [0.4, 0.5) is 4.39 Å². The monoisotopic (exact) mass is 285 g/mol. The quantitative estimate of drug-likeness (QED) is 0.828. The van der Waals surface area contributed by atoms with Crippen molar-refractivity contribution in [1.29, 1.82) is 0 Å². The molecule has 1 amide bonds. The van der Waals surface area contributed by atoms with Gasteiger partial charge in [-0.1, -0.05) is 35.9 Å². The summed E-state index contributed by atoms with van der Waals surface area (Å²) in [6.45, 7) is 6.76. The maximum atomic E-state index is 14.0. The number of carbonyl (C=O) groups excluding carboxylic acids is 1. The SMILES string of the molecule is CCN(Cc1cccc(C)c1)C(=O)c1ccc(C)cc1F. The van der Waals surface area contributed by atoms with E-state index in [-0.39, 0.29) is 11.5 Å². The zero-order valence-electron chi connectivity index (χ0n) is 12.7. The minimum absolute atomic E-state index is 0.134. The summed E-state index contributed by atoms with van der Waals surface area (Å²) in [4.78, 5) is 14.1. The lowest BCUT2D eigenvalue weighted by Crippen LogP contribution is -2.31. The Hall–Kier alpha value is -2.16. The summed E-state index contributed by atoms with van der Waals surface area (Å²) in [5.74, 6) is -0.723. The number of benzene rings is 2. The van der Waals surface area contributed by atoms with Crippen LogP contribution in [0, 0.1) is 19.7 Å². The van der Waals surface area contributed by atoms with Crippen LogP contribution < -0.4 is 0 Å². The van der Waals surface area contributed by atoms with Gasteiger partial charge in [-0.15, -0.1) is 0 Å². The third kappa shape index (κ3) is 3.69. The lowest BCUT2D eigenvalue weighted by atomic mass is 10.1. The van der Waals surface area contributed by atoms with Gasteiger partial charge in [0.25, 0.3) is 5.91 Å². The highest BCUT2D eigenvalue weighted by atomic mass is 19.1. The molecule has 0 saturated heterocycles. The van der Waals surface area contributed by atoms with Crippen LogP contribution in [0.1, 0.15) is 34.0 Å². The normalized spacial score (nSPS) is 10.5. The Bertz CT molecular complexity index is 651. The van der Waals surface area contributed by atoms with E-state index in [1.54, 1.807) is 17.0 Å². The van der Waals surface area contributed by atoms with Crippen LogP contribution >= 0.6 is 0 Å². The molecule has 0 aromatic heterocycles. The second kappa shape index (κ2) is 6.53. The van der Waals surface area contributed by atoms with Gasteiger partial charge in [0.05, 0.1) is 5.56 Å². The lowest BCUT2D eigenvalue weighted by Gasteiger charge is -2.21. The largest absolute Gasteiger partial charge is 0.335 e. The van der Waals surface area contributed by atoms with Crippen LogP contribution in [0.2, 0.25) is 0 Å². The van der Waals surface area contributed by atoms with Crippen molar-refractivity contribution in [1.82, 2.24) is 4.90 Å².